The largest absolute Gasteiger partial charge is 0.481 e. The molecule has 2 amide bonds. The van der Waals surface area contributed by atoms with E-state index in [9.17, 15) is 14.4 Å². The molecule has 3 N–H and O–H groups in total. The monoisotopic (exact) mass is 290 g/mol. The van der Waals surface area contributed by atoms with Gasteiger partial charge in [-0.1, -0.05) is 12.1 Å². The molecule has 1 saturated carbocycles. The third kappa shape index (κ3) is 3.81. The zero-order chi connectivity index (χ0) is 15.4. The van der Waals surface area contributed by atoms with Gasteiger partial charge < -0.3 is 15.7 Å². The normalized spacial score (nSPS) is 20.2. The summed E-state index contributed by atoms with van der Waals surface area (Å²) in [6, 6.07) is 7.16. The number of amides is 2. The van der Waals surface area contributed by atoms with Gasteiger partial charge in [0.25, 0.3) is 0 Å². The average molecular weight is 290 g/mol. The summed E-state index contributed by atoms with van der Waals surface area (Å²) in [5, 5.41) is 14.4. The molecule has 0 bridgehead atoms. The molecule has 0 spiro atoms. The van der Waals surface area contributed by atoms with Crippen molar-refractivity contribution < 1.29 is 19.5 Å². The number of rotatable bonds is 5. The van der Waals surface area contributed by atoms with E-state index in [1.807, 2.05) is 6.07 Å². The van der Waals surface area contributed by atoms with E-state index in [0.717, 1.165) is 5.56 Å². The first kappa shape index (κ1) is 15.0. The fraction of sp³-hybridized carbons (Fsp3) is 0.400. The molecule has 6 nitrogen and oxygen atoms in total. The first-order valence-corrected chi connectivity index (χ1v) is 6.84. The predicted molar refractivity (Wildman–Crippen MR) is 76.4 cm³/mol. The minimum absolute atomic E-state index is 0.157. The van der Waals surface area contributed by atoms with Crippen molar-refractivity contribution in [3.05, 3.63) is 29.8 Å². The van der Waals surface area contributed by atoms with Crippen LogP contribution in [0.5, 0.6) is 0 Å². The molecule has 21 heavy (non-hydrogen) atoms. The van der Waals surface area contributed by atoms with Gasteiger partial charge in [-0.15, -0.1) is 0 Å². The molecule has 6 heteroatoms. The van der Waals surface area contributed by atoms with E-state index in [2.05, 4.69) is 10.6 Å². The highest BCUT2D eigenvalue weighted by Gasteiger charge is 2.41. The van der Waals surface area contributed by atoms with Crippen molar-refractivity contribution >= 4 is 23.5 Å². The van der Waals surface area contributed by atoms with Crippen LogP contribution in [0.25, 0.3) is 0 Å². The number of anilines is 1. The van der Waals surface area contributed by atoms with Crippen molar-refractivity contribution in [2.75, 3.05) is 5.32 Å². The molecule has 0 aliphatic heterocycles. The van der Waals surface area contributed by atoms with Crippen LogP contribution < -0.4 is 10.6 Å². The Bertz CT molecular complexity index is 571. The summed E-state index contributed by atoms with van der Waals surface area (Å²) in [5.41, 5.74) is 1.52. The molecule has 2 rings (SSSR count). The molecule has 112 valence electrons. The van der Waals surface area contributed by atoms with E-state index < -0.39 is 17.8 Å². The maximum Gasteiger partial charge on any atom is 0.307 e. The molecule has 1 fully saturated rings. The van der Waals surface area contributed by atoms with Gasteiger partial charge in [0, 0.05) is 19.2 Å². The quantitative estimate of drug-likeness (QED) is 0.763. The molecule has 0 saturated heterocycles. The zero-order valence-electron chi connectivity index (χ0n) is 11.8. The van der Waals surface area contributed by atoms with Gasteiger partial charge in [0.05, 0.1) is 11.8 Å². The average Bonchev–Trinajstić information content (AvgIpc) is 2.34. The fourth-order valence-corrected chi connectivity index (χ4v) is 2.39. The summed E-state index contributed by atoms with van der Waals surface area (Å²) in [6.45, 7) is 1.74. The number of carboxylic acid groups (broad SMARTS) is 1. The summed E-state index contributed by atoms with van der Waals surface area (Å²) in [5.74, 6) is -2.28. The molecule has 2 atom stereocenters. The van der Waals surface area contributed by atoms with Crippen molar-refractivity contribution in [3.63, 3.8) is 0 Å². The minimum atomic E-state index is -0.908. The van der Waals surface area contributed by atoms with Crippen LogP contribution in [0.4, 0.5) is 5.69 Å². The fourth-order valence-electron chi connectivity index (χ4n) is 2.39. The minimum Gasteiger partial charge on any atom is -0.481 e. The predicted octanol–water partition coefficient (Wildman–Crippen LogP) is 1.37. The standard InChI is InChI=1S/C15H18N2O4/c1-9(18)17-11-4-2-3-10(7-11)8-16-14(19)12-5-6-13(12)15(20)21/h2-4,7,12-13H,5-6,8H2,1H3,(H,16,19)(H,17,18)(H,20,21). The van der Waals surface area contributed by atoms with Crippen molar-refractivity contribution in [3.8, 4) is 0 Å². The maximum atomic E-state index is 11.9. The van der Waals surface area contributed by atoms with Crippen LogP contribution in [-0.4, -0.2) is 22.9 Å². The highest BCUT2D eigenvalue weighted by atomic mass is 16.4. The second-order valence-corrected chi connectivity index (χ2v) is 5.23. The Kier molecular flexibility index (Phi) is 4.57. The number of aliphatic carboxylic acids is 1. The van der Waals surface area contributed by atoms with Crippen LogP contribution in [0, 0.1) is 11.8 Å². The smallest absolute Gasteiger partial charge is 0.307 e. The Balaban J connectivity index is 1.89. The number of nitrogens with one attached hydrogen (secondary N) is 2. The molecule has 0 heterocycles. The van der Waals surface area contributed by atoms with Crippen LogP contribution in [0.2, 0.25) is 0 Å². The van der Waals surface area contributed by atoms with Crippen molar-refractivity contribution in [1.82, 2.24) is 5.32 Å². The molecular weight excluding hydrogens is 272 g/mol. The third-order valence-corrected chi connectivity index (χ3v) is 3.64. The molecule has 1 aliphatic carbocycles. The first-order chi connectivity index (χ1) is 9.97. The summed E-state index contributed by atoms with van der Waals surface area (Å²) in [7, 11) is 0. The lowest BCUT2D eigenvalue weighted by atomic mass is 9.73. The van der Waals surface area contributed by atoms with E-state index >= 15 is 0 Å². The number of hydrogen-bond donors (Lipinski definition) is 3. The molecule has 0 radical (unpaired) electrons. The highest BCUT2D eigenvalue weighted by Crippen LogP contribution is 2.34. The van der Waals surface area contributed by atoms with Crippen molar-refractivity contribution in [2.24, 2.45) is 11.8 Å². The topological polar surface area (TPSA) is 95.5 Å². The Morgan fingerprint density at radius 3 is 2.52 bits per heavy atom. The molecule has 1 aromatic rings. The van der Waals surface area contributed by atoms with E-state index in [1.54, 1.807) is 18.2 Å². The van der Waals surface area contributed by atoms with Gasteiger partial charge >= 0.3 is 5.97 Å². The van der Waals surface area contributed by atoms with Crippen LogP contribution in [0.15, 0.2) is 24.3 Å². The number of carbonyl (C=O) groups excluding carboxylic acids is 2. The first-order valence-electron chi connectivity index (χ1n) is 6.84. The van der Waals surface area contributed by atoms with Gasteiger partial charge in [-0.2, -0.15) is 0 Å². The maximum absolute atomic E-state index is 11.9. The lowest BCUT2D eigenvalue weighted by Crippen LogP contribution is -2.43. The van der Waals surface area contributed by atoms with E-state index in [0.29, 0.717) is 25.1 Å². The Morgan fingerprint density at radius 2 is 1.95 bits per heavy atom. The molecular formula is C15H18N2O4. The van der Waals surface area contributed by atoms with Gasteiger partial charge in [-0.3, -0.25) is 14.4 Å². The number of carboxylic acids is 1. The van der Waals surface area contributed by atoms with Crippen molar-refractivity contribution in [2.45, 2.75) is 26.3 Å². The number of carbonyl (C=O) groups is 3. The van der Waals surface area contributed by atoms with Gasteiger partial charge in [0.15, 0.2) is 0 Å². The number of hydrogen-bond acceptors (Lipinski definition) is 3. The van der Waals surface area contributed by atoms with Gasteiger partial charge in [0.2, 0.25) is 11.8 Å². The molecule has 1 aromatic carbocycles. The Hall–Kier alpha value is -2.37. The van der Waals surface area contributed by atoms with Crippen LogP contribution in [0.1, 0.15) is 25.3 Å². The van der Waals surface area contributed by atoms with Crippen LogP contribution in [0.3, 0.4) is 0 Å². The molecule has 1 aliphatic rings. The lowest BCUT2D eigenvalue weighted by Gasteiger charge is -2.31. The Morgan fingerprint density at radius 1 is 1.24 bits per heavy atom. The third-order valence-electron chi connectivity index (χ3n) is 3.64. The highest BCUT2D eigenvalue weighted by molar-refractivity contribution is 5.89. The molecule has 0 aromatic heterocycles. The van der Waals surface area contributed by atoms with Crippen LogP contribution >= 0.6 is 0 Å². The van der Waals surface area contributed by atoms with E-state index in [4.69, 9.17) is 5.11 Å². The Labute approximate surface area is 122 Å². The molecule has 2 unspecified atom stereocenters. The summed E-state index contributed by atoms with van der Waals surface area (Å²) < 4.78 is 0. The lowest BCUT2D eigenvalue weighted by molar-refractivity contribution is -0.152. The van der Waals surface area contributed by atoms with E-state index in [-0.39, 0.29) is 11.8 Å². The summed E-state index contributed by atoms with van der Waals surface area (Å²) >= 11 is 0. The van der Waals surface area contributed by atoms with Crippen LogP contribution in [-0.2, 0) is 20.9 Å². The second kappa shape index (κ2) is 6.39. The summed E-state index contributed by atoms with van der Waals surface area (Å²) in [6.07, 6.45) is 1.18. The van der Waals surface area contributed by atoms with Gasteiger partial charge in [0.1, 0.15) is 0 Å². The summed E-state index contributed by atoms with van der Waals surface area (Å²) in [4.78, 5) is 33.8. The number of benzene rings is 1. The van der Waals surface area contributed by atoms with Gasteiger partial charge in [-0.05, 0) is 30.5 Å². The SMILES string of the molecule is CC(=O)Nc1cccc(CNC(=O)C2CCC2C(=O)O)c1. The van der Waals surface area contributed by atoms with Crippen molar-refractivity contribution in [1.29, 1.82) is 0 Å². The zero-order valence-corrected chi connectivity index (χ0v) is 11.8. The second-order valence-electron chi connectivity index (χ2n) is 5.23. The van der Waals surface area contributed by atoms with E-state index in [1.165, 1.54) is 6.92 Å². The van der Waals surface area contributed by atoms with Gasteiger partial charge in [-0.25, -0.2) is 0 Å².